The number of hydrogen-bond donors (Lipinski definition) is 1. The fraction of sp³-hybridized carbons (Fsp3) is 0.600. The van der Waals surface area contributed by atoms with Gasteiger partial charge in [0, 0.05) is 19.1 Å². The van der Waals surface area contributed by atoms with Gasteiger partial charge in [0.05, 0.1) is 20.3 Å². The van der Waals surface area contributed by atoms with E-state index in [4.69, 9.17) is 14.2 Å². The van der Waals surface area contributed by atoms with Crippen molar-refractivity contribution in [3.8, 4) is 11.5 Å². The minimum absolute atomic E-state index is 0.502. The highest BCUT2D eigenvalue weighted by Crippen LogP contribution is 2.29. The molecule has 0 aliphatic carbocycles. The maximum atomic E-state index is 5.90. The predicted molar refractivity (Wildman–Crippen MR) is 74.8 cm³/mol. The highest BCUT2D eigenvalue weighted by atomic mass is 16.5. The molecular weight excluding hydrogens is 242 g/mol. The number of benzene rings is 1. The zero-order chi connectivity index (χ0) is 13.5. The Morgan fingerprint density at radius 3 is 2.95 bits per heavy atom. The minimum Gasteiger partial charge on any atom is -0.493 e. The Balaban J connectivity index is 1.98. The number of ether oxygens (including phenoxy) is 3. The predicted octanol–water partition coefficient (Wildman–Crippen LogP) is 2.22. The van der Waals surface area contributed by atoms with Gasteiger partial charge in [-0.25, -0.2) is 0 Å². The molecule has 0 saturated carbocycles. The Morgan fingerprint density at radius 1 is 1.37 bits per heavy atom. The van der Waals surface area contributed by atoms with Gasteiger partial charge in [0.2, 0.25) is 0 Å². The Hall–Kier alpha value is -1.26. The molecule has 4 heteroatoms. The fourth-order valence-corrected chi connectivity index (χ4v) is 2.14. The van der Waals surface area contributed by atoms with Crippen molar-refractivity contribution in [3.05, 3.63) is 23.8 Å². The summed E-state index contributed by atoms with van der Waals surface area (Å²) < 4.78 is 16.6. The molecule has 1 aromatic carbocycles. The van der Waals surface area contributed by atoms with Crippen LogP contribution in [0.25, 0.3) is 0 Å². The molecule has 1 aliphatic rings. The van der Waals surface area contributed by atoms with Crippen LogP contribution in [0.4, 0.5) is 0 Å². The van der Waals surface area contributed by atoms with Crippen LogP contribution in [0, 0.1) is 5.92 Å². The third kappa shape index (κ3) is 4.11. The average molecular weight is 265 g/mol. The molecule has 1 aliphatic heterocycles. The van der Waals surface area contributed by atoms with Crippen molar-refractivity contribution in [1.29, 1.82) is 0 Å². The van der Waals surface area contributed by atoms with Crippen LogP contribution in [-0.4, -0.2) is 33.5 Å². The number of nitrogens with one attached hydrogen (secondary N) is 1. The summed E-state index contributed by atoms with van der Waals surface area (Å²) >= 11 is 0. The molecule has 1 atom stereocenters. The van der Waals surface area contributed by atoms with Crippen molar-refractivity contribution < 1.29 is 14.2 Å². The summed E-state index contributed by atoms with van der Waals surface area (Å²) in [6.07, 6.45) is 1.08. The normalized spacial score (nSPS) is 18.5. The lowest BCUT2D eigenvalue weighted by Gasteiger charge is -2.14. The standard InChI is InChI=1S/C15H23NO3/c1-3-16-9-12-4-5-14(17-2)15(8-12)19-11-13-6-7-18-10-13/h4-5,8,13,16H,3,6-7,9-11H2,1-2H3. The summed E-state index contributed by atoms with van der Waals surface area (Å²) in [6.45, 7) is 6.26. The summed E-state index contributed by atoms with van der Waals surface area (Å²) in [4.78, 5) is 0. The van der Waals surface area contributed by atoms with Gasteiger partial charge in [0.15, 0.2) is 11.5 Å². The van der Waals surface area contributed by atoms with Crippen molar-refractivity contribution in [1.82, 2.24) is 5.32 Å². The van der Waals surface area contributed by atoms with Gasteiger partial charge < -0.3 is 19.5 Å². The van der Waals surface area contributed by atoms with Gasteiger partial charge in [-0.3, -0.25) is 0 Å². The molecule has 0 aromatic heterocycles. The SMILES string of the molecule is CCNCc1ccc(OC)c(OCC2CCOC2)c1. The zero-order valence-corrected chi connectivity index (χ0v) is 11.8. The Kier molecular flexibility index (Phi) is 5.48. The van der Waals surface area contributed by atoms with Gasteiger partial charge in [-0.1, -0.05) is 13.0 Å². The molecule has 1 aromatic rings. The lowest BCUT2D eigenvalue weighted by Crippen LogP contribution is -2.14. The molecule has 0 amide bonds. The molecule has 1 unspecified atom stereocenters. The van der Waals surface area contributed by atoms with Crippen LogP contribution in [0.1, 0.15) is 18.9 Å². The second-order valence-electron chi connectivity index (χ2n) is 4.81. The molecule has 0 radical (unpaired) electrons. The number of methoxy groups -OCH3 is 1. The molecule has 106 valence electrons. The summed E-state index contributed by atoms with van der Waals surface area (Å²) in [7, 11) is 1.67. The smallest absolute Gasteiger partial charge is 0.161 e. The van der Waals surface area contributed by atoms with E-state index in [0.29, 0.717) is 12.5 Å². The van der Waals surface area contributed by atoms with Crippen LogP contribution < -0.4 is 14.8 Å². The van der Waals surface area contributed by atoms with E-state index < -0.39 is 0 Å². The van der Waals surface area contributed by atoms with Crippen LogP contribution >= 0.6 is 0 Å². The van der Waals surface area contributed by atoms with Gasteiger partial charge in [-0.05, 0) is 30.7 Å². The summed E-state index contributed by atoms with van der Waals surface area (Å²) in [5.41, 5.74) is 1.21. The van der Waals surface area contributed by atoms with E-state index in [1.165, 1.54) is 5.56 Å². The van der Waals surface area contributed by atoms with Crippen molar-refractivity contribution >= 4 is 0 Å². The molecule has 1 fully saturated rings. The first kappa shape index (κ1) is 14.2. The van der Waals surface area contributed by atoms with Gasteiger partial charge in [-0.15, -0.1) is 0 Å². The lowest BCUT2D eigenvalue weighted by molar-refractivity contribution is 0.165. The van der Waals surface area contributed by atoms with E-state index in [0.717, 1.165) is 44.2 Å². The number of rotatable bonds is 7. The molecule has 1 heterocycles. The average Bonchev–Trinajstić information content (AvgIpc) is 2.96. The lowest BCUT2D eigenvalue weighted by atomic mass is 10.1. The van der Waals surface area contributed by atoms with E-state index >= 15 is 0 Å². The largest absolute Gasteiger partial charge is 0.493 e. The van der Waals surface area contributed by atoms with Crippen LogP contribution in [0.2, 0.25) is 0 Å². The minimum atomic E-state index is 0.502. The second-order valence-corrected chi connectivity index (χ2v) is 4.81. The van der Waals surface area contributed by atoms with E-state index in [-0.39, 0.29) is 0 Å². The molecule has 2 rings (SSSR count). The highest BCUT2D eigenvalue weighted by molar-refractivity contribution is 5.43. The Bertz CT molecular complexity index is 389. The molecule has 0 spiro atoms. The summed E-state index contributed by atoms with van der Waals surface area (Å²) in [5, 5.41) is 3.31. The monoisotopic (exact) mass is 265 g/mol. The van der Waals surface area contributed by atoms with Gasteiger partial charge in [0.25, 0.3) is 0 Å². The quantitative estimate of drug-likeness (QED) is 0.820. The van der Waals surface area contributed by atoms with Crippen molar-refractivity contribution in [2.24, 2.45) is 5.92 Å². The van der Waals surface area contributed by atoms with Gasteiger partial charge in [0.1, 0.15) is 0 Å². The van der Waals surface area contributed by atoms with E-state index in [1.807, 2.05) is 6.07 Å². The maximum absolute atomic E-state index is 5.90. The van der Waals surface area contributed by atoms with Gasteiger partial charge in [-0.2, -0.15) is 0 Å². The fourth-order valence-electron chi connectivity index (χ4n) is 2.14. The highest BCUT2D eigenvalue weighted by Gasteiger charge is 2.17. The first-order valence-corrected chi connectivity index (χ1v) is 6.91. The van der Waals surface area contributed by atoms with Crippen molar-refractivity contribution in [2.45, 2.75) is 19.9 Å². The molecular formula is C15H23NO3. The van der Waals surface area contributed by atoms with E-state index in [2.05, 4.69) is 24.4 Å². The third-order valence-corrected chi connectivity index (χ3v) is 3.31. The van der Waals surface area contributed by atoms with E-state index in [9.17, 15) is 0 Å². The third-order valence-electron chi connectivity index (χ3n) is 3.31. The summed E-state index contributed by atoms with van der Waals surface area (Å²) in [5.74, 6) is 2.12. The van der Waals surface area contributed by atoms with Crippen LogP contribution in [-0.2, 0) is 11.3 Å². The van der Waals surface area contributed by atoms with Crippen LogP contribution in [0.15, 0.2) is 18.2 Å². The molecule has 1 saturated heterocycles. The number of hydrogen-bond acceptors (Lipinski definition) is 4. The Morgan fingerprint density at radius 2 is 2.26 bits per heavy atom. The molecule has 4 nitrogen and oxygen atoms in total. The molecule has 0 bridgehead atoms. The summed E-state index contributed by atoms with van der Waals surface area (Å²) in [6, 6.07) is 6.08. The first-order chi connectivity index (χ1) is 9.33. The van der Waals surface area contributed by atoms with Crippen molar-refractivity contribution in [2.75, 3.05) is 33.5 Å². The van der Waals surface area contributed by atoms with Crippen LogP contribution in [0.3, 0.4) is 0 Å². The van der Waals surface area contributed by atoms with Crippen LogP contribution in [0.5, 0.6) is 11.5 Å². The first-order valence-electron chi connectivity index (χ1n) is 6.91. The molecule has 1 N–H and O–H groups in total. The zero-order valence-electron chi connectivity index (χ0n) is 11.8. The van der Waals surface area contributed by atoms with Gasteiger partial charge >= 0.3 is 0 Å². The molecule has 19 heavy (non-hydrogen) atoms. The maximum Gasteiger partial charge on any atom is 0.161 e. The second kappa shape index (κ2) is 7.36. The topological polar surface area (TPSA) is 39.7 Å². The van der Waals surface area contributed by atoms with E-state index in [1.54, 1.807) is 7.11 Å². The van der Waals surface area contributed by atoms with Crippen molar-refractivity contribution in [3.63, 3.8) is 0 Å². The Labute approximate surface area is 115 Å².